The van der Waals surface area contributed by atoms with Crippen molar-refractivity contribution in [1.82, 2.24) is 10.2 Å². The second kappa shape index (κ2) is 9.75. The number of fused-ring (bicyclic) bond motifs is 2. The predicted molar refractivity (Wildman–Crippen MR) is 140 cm³/mol. The zero-order chi connectivity index (χ0) is 26.5. The summed E-state index contributed by atoms with van der Waals surface area (Å²) in [6, 6.07) is 6.41. The van der Waals surface area contributed by atoms with Crippen LogP contribution in [0.4, 0.5) is 0 Å². The molecule has 0 spiro atoms. The van der Waals surface area contributed by atoms with E-state index in [0.29, 0.717) is 36.4 Å². The van der Waals surface area contributed by atoms with E-state index < -0.39 is 28.4 Å². The van der Waals surface area contributed by atoms with Crippen LogP contribution in [-0.2, 0) is 20.0 Å². The van der Waals surface area contributed by atoms with Crippen LogP contribution in [0, 0.1) is 28.6 Å². The highest BCUT2D eigenvalue weighted by Crippen LogP contribution is 2.51. The Bertz CT molecular complexity index is 1010. The molecule has 198 valence electrons. The Morgan fingerprint density at radius 1 is 1.06 bits per heavy atom. The smallest absolute Gasteiger partial charge is 0.288 e. The Kier molecular flexibility index (Phi) is 7.35. The van der Waals surface area contributed by atoms with Crippen molar-refractivity contribution in [1.29, 1.82) is 0 Å². The molecular weight excluding hydrogens is 476 g/mol. The Hall–Kier alpha value is -1.92. The molecule has 1 saturated heterocycles. The molecule has 2 unspecified atom stereocenters. The van der Waals surface area contributed by atoms with E-state index in [-0.39, 0.29) is 17.6 Å². The van der Waals surface area contributed by atoms with Crippen LogP contribution in [0.5, 0.6) is 0 Å². The summed E-state index contributed by atoms with van der Waals surface area (Å²) in [4.78, 5) is 41.8. The van der Waals surface area contributed by atoms with Crippen molar-refractivity contribution < 1.29 is 19.5 Å². The average molecular weight is 517 g/mol. The maximum absolute atomic E-state index is 13.6. The molecule has 4 atom stereocenters. The van der Waals surface area contributed by atoms with Gasteiger partial charge in [-0.1, -0.05) is 71.2 Å². The predicted octanol–water partition coefficient (Wildman–Crippen LogP) is 4.71. The normalized spacial score (nSPS) is 32.3. The van der Waals surface area contributed by atoms with Crippen molar-refractivity contribution in [3.05, 3.63) is 34.9 Å². The fraction of sp³-hybridized carbons (Fsp3) is 0.690. The molecule has 36 heavy (non-hydrogen) atoms. The van der Waals surface area contributed by atoms with Gasteiger partial charge in [-0.05, 0) is 61.1 Å². The van der Waals surface area contributed by atoms with Gasteiger partial charge in [-0.2, -0.15) is 0 Å². The molecular formula is C29H41ClN2O4. The second-order valence-corrected chi connectivity index (χ2v) is 13.2. The topological polar surface area (TPSA) is 86.7 Å². The first-order valence-corrected chi connectivity index (χ1v) is 13.8. The molecule has 2 bridgehead atoms. The lowest BCUT2D eigenvalue weighted by Crippen LogP contribution is -2.61. The first-order valence-electron chi connectivity index (χ1n) is 13.4. The van der Waals surface area contributed by atoms with Gasteiger partial charge >= 0.3 is 0 Å². The summed E-state index contributed by atoms with van der Waals surface area (Å²) in [6.45, 7) is 10.3. The molecule has 3 fully saturated rings. The number of amides is 2. The third-order valence-corrected chi connectivity index (χ3v) is 9.44. The van der Waals surface area contributed by atoms with Gasteiger partial charge < -0.3 is 15.3 Å². The zero-order valence-corrected chi connectivity index (χ0v) is 23.0. The van der Waals surface area contributed by atoms with Gasteiger partial charge in [-0.15, -0.1) is 0 Å². The van der Waals surface area contributed by atoms with Crippen molar-refractivity contribution in [3.63, 3.8) is 0 Å². The maximum atomic E-state index is 13.6. The summed E-state index contributed by atoms with van der Waals surface area (Å²) < 4.78 is 0. The summed E-state index contributed by atoms with van der Waals surface area (Å²) >= 11 is 6.04. The number of piperidine rings is 1. The molecule has 0 aromatic heterocycles. The number of aliphatic hydroxyl groups is 1. The van der Waals surface area contributed by atoms with E-state index in [1.54, 1.807) is 17.0 Å². The number of benzene rings is 1. The summed E-state index contributed by atoms with van der Waals surface area (Å²) in [5, 5.41) is 15.1. The summed E-state index contributed by atoms with van der Waals surface area (Å²) in [5.74, 6) is -0.338. The van der Waals surface area contributed by atoms with Crippen LogP contribution in [0.1, 0.15) is 78.7 Å². The van der Waals surface area contributed by atoms with Gasteiger partial charge in [0.05, 0.1) is 5.60 Å². The maximum Gasteiger partial charge on any atom is 0.288 e. The number of carbonyl (C=O) groups excluding carboxylic acids is 3. The van der Waals surface area contributed by atoms with Crippen LogP contribution in [0.3, 0.4) is 0 Å². The molecule has 1 aromatic carbocycles. The number of halogens is 1. The van der Waals surface area contributed by atoms with E-state index in [9.17, 15) is 19.5 Å². The first-order chi connectivity index (χ1) is 16.8. The second-order valence-electron chi connectivity index (χ2n) is 12.8. The number of likely N-dealkylation sites (tertiary alicyclic amines) is 1. The van der Waals surface area contributed by atoms with Crippen LogP contribution in [0.15, 0.2) is 24.3 Å². The highest BCUT2D eigenvalue weighted by molar-refractivity contribution is 6.38. The van der Waals surface area contributed by atoms with E-state index in [4.69, 9.17) is 11.6 Å². The van der Waals surface area contributed by atoms with E-state index in [1.807, 2.05) is 46.8 Å². The van der Waals surface area contributed by atoms with Crippen LogP contribution in [0.25, 0.3) is 0 Å². The van der Waals surface area contributed by atoms with Gasteiger partial charge in [-0.25, -0.2) is 0 Å². The Morgan fingerprint density at radius 2 is 1.64 bits per heavy atom. The zero-order valence-electron chi connectivity index (χ0n) is 22.3. The van der Waals surface area contributed by atoms with Gasteiger partial charge in [-0.3, -0.25) is 14.4 Å². The van der Waals surface area contributed by atoms with E-state index in [2.05, 4.69) is 5.32 Å². The summed E-state index contributed by atoms with van der Waals surface area (Å²) in [7, 11) is 0. The number of nitrogens with one attached hydrogen (secondary N) is 1. The molecule has 2 saturated carbocycles. The minimum absolute atomic E-state index is 0.176. The SMILES string of the molecule is CC(C)[C@@H](NC(=O)C(=O)C1(C)CC2CCC(C2)C1)C(=O)N1CC[C@](O)(c2ccc(Cl)cc2)C(C)(C)C1. The molecule has 0 radical (unpaired) electrons. The largest absolute Gasteiger partial charge is 0.384 e. The third kappa shape index (κ3) is 4.96. The molecule has 3 aliphatic rings. The van der Waals surface area contributed by atoms with Crippen molar-refractivity contribution in [2.45, 2.75) is 84.8 Å². The Morgan fingerprint density at radius 3 is 2.17 bits per heavy atom. The lowest BCUT2D eigenvalue weighted by atomic mass is 9.66. The number of hydrogen-bond acceptors (Lipinski definition) is 4. The van der Waals surface area contributed by atoms with Gasteiger partial charge in [0.1, 0.15) is 6.04 Å². The Balaban J connectivity index is 1.45. The fourth-order valence-corrected chi connectivity index (χ4v) is 7.18. The molecule has 1 heterocycles. The minimum atomic E-state index is -1.12. The lowest BCUT2D eigenvalue weighted by molar-refractivity contribution is -0.157. The van der Waals surface area contributed by atoms with Crippen molar-refractivity contribution in [3.8, 4) is 0 Å². The van der Waals surface area contributed by atoms with Crippen LogP contribution in [-0.4, -0.2) is 46.7 Å². The third-order valence-electron chi connectivity index (χ3n) is 9.18. The molecule has 2 amide bonds. The number of hydrogen-bond donors (Lipinski definition) is 2. The van der Waals surface area contributed by atoms with Crippen LogP contribution in [0.2, 0.25) is 5.02 Å². The van der Waals surface area contributed by atoms with Crippen LogP contribution < -0.4 is 5.32 Å². The van der Waals surface area contributed by atoms with Crippen molar-refractivity contribution in [2.75, 3.05) is 13.1 Å². The Labute approximate surface area is 220 Å². The number of rotatable bonds is 6. The minimum Gasteiger partial charge on any atom is -0.384 e. The van der Waals surface area contributed by atoms with E-state index in [0.717, 1.165) is 31.2 Å². The van der Waals surface area contributed by atoms with E-state index in [1.165, 1.54) is 6.42 Å². The quantitative estimate of drug-likeness (QED) is 0.536. The molecule has 4 rings (SSSR count). The van der Waals surface area contributed by atoms with E-state index >= 15 is 0 Å². The highest BCUT2D eigenvalue weighted by Gasteiger charge is 2.51. The molecule has 2 aliphatic carbocycles. The van der Waals surface area contributed by atoms with Crippen molar-refractivity contribution >= 4 is 29.2 Å². The average Bonchev–Trinajstić information content (AvgIpc) is 3.16. The van der Waals surface area contributed by atoms with Crippen molar-refractivity contribution in [2.24, 2.45) is 28.6 Å². The number of nitrogens with zero attached hydrogens (tertiary/aromatic N) is 1. The number of carbonyl (C=O) groups is 3. The number of Topliss-reactive ketones (excluding diaryl/α,β-unsaturated/α-hetero) is 1. The standard InChI is InChI=1S/C29H41ClN2O4/c1-18(2)23(31-25(34)24(33)28(5)15-19-6-7-20(14-19)16-28)26(35)32-13-12-29(36,27(3,4)17-32)21-8-10-22(30)11-9-21/h8-11,18-20,23,36H,6-7,12-17H2,1-5H3,(H,31,34)/t19?,20?,23-,28?,29+/m1/s1. The fourth-order valence-electron chi connectivity index (χ4n) is 7.05. The molecule has 6 nitrogen and oxygen atoms in total. The monoisotopic (exact) mass is 516 g/mol. The number of ketones is 1. The van der Waals surface area contributed by atoms with Gasteiger partial charge in [0.15, 0.2) is 0 Å². The molecule has 2 N–H and O–H groups in total. The highest BCUT2D eigenvalue weighted by atomic mass is 35.5. The molecule has 1 aliphatic heterocycles. The van der Waals surface area contributed by atoms with Gasteiger partial charge in [0, 0.05) is 28.9 Å². The van der Waals surface area contributed by atoms with Crippen LogP contribution >= 0.6 is 11.6 Å². The molecule has 7 heteroatoms. The summed E-state index contributed by atoms with van der Waals surface area (Å²) in [6.07, 6.45) is 5.36. The molecule has 1 aromatic rings. The lowest BCUT2D eigenvalue weighted by Gasteiger charge is -2.51. The van der Waals surface area contributed by atoms with Gasteiger partial charge in [0.25, 0.3) is 5.91 Å². The first kappa shape index (κ1) is 27.1. The summed E-state index contributed by atoms with van der Waals surface area (Å²) in [5.41, 5.74) is -1.61. The van der Waals surface area contributed by atoms with Gasteiger partial charge in [0.2, 0.25) is 11.7 Å².